The summed E-state index contributed by atoms with van der Waals surface area (Å²) in [5.41, 5.74) is 6.21. The zero-order valence-corrected chi connectivity index (χ0v) is 15.7. The van der Waals surface area contributed by atoms with Gasteiger partial charge in [0, 0.05) is 0 Å². The van der Waals surface area contributed by atoms with Crippen molar-refractivity contribution < 1.29 is 19.1 Å². The lowest BCUT2D eigenvalue weighted by Crippen LogP contribution is -2.53. The second-order valence-corrected chi connectivity index (χ2v) is 6.64. The standard InChI is InChI=1S/C19H29N3O4/c1-4-8-15(18(24)21-16(17(20)23)11-13(2)3)22-19(25)26-12-14-9-6-5-7-10-14/h5-7,9-10,13,15-16H,4,8,11-12H2,1-3H3,(H2,20,23)(H,21,24)(H,22,25)/t15-,16-/m1/s1. The van der Waals surface area contributed by atoms with Crippen molar-refractivity contribution in [1.82, 2.24) is 10.6 Å². The van der Waals surface area contributed by atoms with Gasteiger partial charge < -0.3 is 21.1 Å². The first-order valence-electron chi connectivity index (χ1n) is 8.90. The molecular formula is C19H29N3O4. The number of carbonyl (C=O) groups excluding carboxylic acids is 3. The summed E-state index contributed by atoms with van der Waals surface area (Å²) in [6.45, 7) is 5.89. The van der Waals surface area contributed by atoms with Crippen LogP contribution in [0.5, 0.6) is 0 Å². The third-order valence-electron chi connectivity index (χ3n) is 3.77. The Morgan fingerprint density at radius 3 is 2.27 bits per heavy atom. The molecule has 3 amide bonds. The first-order chi connectivity index (χ1) is 12.3. The predicted octanol–water partition coefficient (Wildman–Crippen LogP) is 2.10. The number of hydrogen-bond donors (Lipinski definition) is 3. The van der Waals surface area contributed by atoms with Crippen LogP contribution in [0.2, 0.25) is 0 Å². The summed E-state index contributed by atoms with van der Waals surface area (Å²) < 4.78 is 5.15. The molecule has 0 aliphatic rings. The SMILES string of the molecule is CCC[C@@H](NC(=O)OCc1ccccc1)C(=O)N[C@H](CC(C)C)C(N)=O. The van der Waals surface area contributed by atoms with E-state index >= 15 is 0 Å². The van der Waals surface area contributed by atoms with Crippen LogP contribution >= 0.6 is 0 Å². The van der Waals surface area contributed by atoms with E-state index in [9.17, 15) is 14.4 Å². The first-order valence-corrected chi connectivity index (χ1v) is 8.90. The van der Waals surface area contributed by atoms with Crippen molar-refractivity contribution in [3.8, 4) is 0 Å². The van der Waals surface area contributed by atoms with Crippen LogP contribution in [0.15, 0.2) is 30.3 Å². The van der Waals surface area contributed by atoms with Crippen molar-refractivity contribution in [3.63, 3.8) is 0 Å². The van der Waals surface area contributed by atoms with E-state index in [1.165, 1.54) is 0 Å². The summed E-state index contributed by atoms with van der Waals surface area (Å²) >= 11 is 0. The first kappa shape index (κ1) is 21.5. The van der Waals surface area contributed by atoms with E-state index in [0.29, 0.717) is 19.3 Å². The minimum absolute atomic E-state index is 0.115. The number of amides is 3. The number of rotatable bonds is 10. The molecule has 0 aromatic heterocycles. The molecule has 7 heteroatoms. The lowest BCUT2D eigenvalue weighted by atomic mass is 10.0. The van der Waals surface area contributed by atoms with E-state index in [4.69, 9.17) is 10.5 Å². The smallest absolute Gasteiger partial charge is 0.408 e. The van der Waals surface area contributed by atoms with E-state index in [-0.39, 0.29) is 12.5 Å². The summed E-state index contributed by atoms with van der Waals surface area (Å²) in [6, 6.07) is 7.71. The van der Waals surface area contributed by atoms with Gasteiger partial charge in [0.15, 0.2) is 0 Å². The third kappa shape index (κ3) is 8.00. The van der Waals surface area contributed by atoms with Crippen LogP contribution in [0.3, 0.4) is 0 Å². The predicted molar refractivity (Wildman–Crippen MR) is 99.0 cm³/mol. The molecule has 26 heavy (non-hydrogen) atoms. The summed E-state index contributed by atoms with van der Waals surface area (Å²) in [7, 11) is 0. The molecule has 2 atom stereocenters. The lowest BCUT2D eigenvalue weighted by molar-refractivity contribution is -0.129. The summed E-state index contributed by atoms with van der Waals surface area (Å²) in [5, 5.41) is 5.19. The molecule has 0 fully saturated rings. The van der Waals surface area contributed by atoms with E-state index < -0.39 is 30.0 Å². The molecule has 0 saturated carbocycles. The van der Waals surface area contributed by atoms with Crippen LogP contribution in [0.25, 0.3) is 0 Å². The molecule has 0 spiro atoms. The maximum absolute atomic E-state index is 12.5. The van der Waals surface area contributed by atoms with Crippen molar-refractivity contribution in [3.05, 3.63) is 35.9 Å². The minimum atomic E-state index is -0.780. The van der Waals surface area contributed by atoms with Gasteiger partial charge in [0.05, 0.1) is 0 Å². The molecule has 1 rings (SSSR count). The molecule has 0 radical (unpaired) electrons. The van der Waals surface area contributed by atoms with Crippen molar-refractivity contribution in [2.45, 2.75) is 58.7 Å². The van der Waals surface area contributed by atoms with E-state index in [1.54, 1.807) is 0 Å². The van der Waals surface area contributed by atoms with Crippen LogP contribution in [0.4, 0.5) is 4.79 Å². The molecule has 0 aliphatic heterocycles. The Morgan fingerprint density at radius 1 is 1.08 bits per heavy atom. The van der Waals surface area contributed by atoms with Crippen LogP contribution in [-0.2, 0) is 20.9 Å². The number of alkyl carbamates (subject to hydrolysis) is 1. The molecule has 0 aliphatic carbocycles. The average molecular weight is 363 g/mol. The number of carbonyl (C=O) groups is 3. The Balaban J connectivity index is 2.60. The Labute approximate surface area is 154 Å². The molecule has 4 N–H and O–H groups in total. The zero-order chi connectivity index (χ0) is 19.5. The number of hydrogen-bond acceptors (Lipinski definition) is 4. The Kier molecular flexibility index (Phi) is 9.19. The van der Waals surface area contributed by atoms with Crippen molar-refractivity contribution >= 4 is 17.9 Å². The normalized spacial score (nSPS) is 12.9. The topological polar surface area (TPSA) is 111 Å². The Bertz CT molecular complexity index is 590. The second-order valence-electron chi connectivity index (χ2n) is 6.64. The molecule has 7 nitrogen and oxygen atoms in total. The molecule has 0 unspecified atom stereocenters. The molecule has 0 saturated heterocycles. The van der Waals surface area contributed by atoms with Gasteiger partial charge in [0.2, 0.25) is 11.8 Å². The fourth-order valence-electron chi connectivity index (χ4n) is 2.45. The summed E-state index contributed by atoms with van der Waals surface area (Å²) in [4.78, 5) is 36.0. The molecule has 1 aromatic rings. The highest BCUT2D eigenvalue weighted by molar-refractivity contribution is 5.90. The van der Waals surface area contributed by atoms with Gasteiger partial charge in [-0.2, -0.15) is 0 Å². The maximum Gasteiger partial charge on any atom is 0.408 e. The Hall–Kier alpha value is -2.57. The Morgan fingerprint density at radius 2 is 1.73 bits per heavy atom. The van der Waals surface area contributed by atoms with Gasteiger partial charge in [-0.1, -0.05) is 57.5 Å². The molecule has 0 heterocycles. The van der Waals surface area contributed by atoms with Gasteiger partial charge in [0.1, 0.15) is 18.7 Å². The average Bonchev–Trinajstić information content (AvgIpc) is 2.59. The van der Waals surface area contributed by atoms with Gasteiger partial charge in [0.25, 0.3) is 0 Å². The quantitative estimate of drug-likeness (QED) is 0.591. The summed E-state index contributed by atoms with van der Waals surface area (Å²) in [6.07, 6.45) is 0.877. The highest BCUT2D eigenvalue weighted by Crippen LogP contribution is 2.07. The largest absolute Gasteiger partial charge is 0.445 e. The van der Waals surface area contributed by atoms with E-state index in [0.717, 1.165) is 5.56 Å². The van der Waals surface area contributed by atoms with Crippen molar-refractivity contribution in [2.75, 3.05) is 0 Å². The molecule has 1 aromatic carbocycles. The van der Waals surface area contributed by atoms with Crippen LogP contribution < -0.4 is 16.4 Å². The minimum Gasteiger partial charge on any atom is -0.445 e. The van der Waals surface area contributed by atoms with Gasteiger partial charge in [-0.15, -0.1) is 0 Å². The molecule has 144 valence electrons. The zero-order valence-electron chi connectivity index (χ0n) is 15.7. The monoisotopic (exact) mass is 363 g/mol. The van der Waals surface area contributed by atoms with Crippen LogP contribution in [-0.4, -0.2) is 30.0 Å². The number of primary amides is 1. The number of ether oxygens (including phenoxy) is 1. The van der Waals surface area contributed by atoms with Crippen LogP contribution in [0, 0.1) is 5.92 Å². The van der Waals surface area contributed by atoms with Gasteiger partial charge in [-0.25, -0.2) is 4.79 Å². The fourth-order valence-corrected chi connectivity index (χ4v) is 2.45. The second kappa shape index (κ2) is 11.1. The molecular weight excluding hydrogens is 334 g/mol. The van der Waals surface area contributed by atoms with Gasteiger partial charge in [-0.3, -0.25) is 9.59 Å². The van der Waals surface area contributed by atoms with Crippen molar-refractivity contribution in [1.29, 1.82) is 0 Å². The number of nitrogens with one attached hydrogen (secondary N) is 2. The lowest BCUT2D eigenvalue weighted by Gasteiger charge is -2.22. The van der Waals surface area contributed by atoms with E-state index in [1.807, 2.05) is 51.1 Å². The number of nitrogens with two attached hydrogens (primary N) is 1. The molecule has 0 bridgehead atoms. The number of benzene rings is 1. The maximum atomic E-state index is 12.5. The van der Waals surface area contributed by atoms with Gasteiger partial charge in [-0.05, 0) is 24.3 Å². The highest BCUT2D eigenvalue weighted by Gasteiger charge is 2.26. The fraction of sp³-hybridized carbons (Fsp3) is 0.526. The van der Waals surface area contributed by atoms with Crippen molar-refractivity contribution in [2.24, 2.45) is 11.7 Å². The highest BCUT2D eigenvalue weighted by atomic mass is 16.5. The van der Waals surface area contributed by atoms with Crippen LogP contribution in [0.1, 0.15) is 45.6 Å². The van der Waals surface area contributed by atoms with E-state index in [2.05, 4.69) is 10.6 Å². The third-order valence-corrected chi connectivity index (χ3v) is 3.77. The van der Waals surface area contributed by atoms with Gasteiger partial charge >= 0.3 is 6.09 Å². The summed E-state index contributed by atoms with van der Waals surface area (Å²) in [5.74, 6) is -0.830.